The first-order valence-electron chi connectivity index (χ1n) is 4.18. The summed E-state index contributed by atoms with van der Waals surface area (Å²) >= 11 is 0. The Morgan fingerprint density at radius 3 is 2.08 bits per heavy atom. The van der Waals surface area contributed by atoms with Crippen molar-refractivity contribution in [2.24, 2.45) is 0 Å². The van der Waals surface area contributed by atoms with Crippen molar-refractivity contribution in [3.8, 4) is 0 Å². The first kappa shape index (κ1) is 13.1. The van der Waals surface area contributed by atoms with Gasteiger partial charge in [-0.2, -0.15) is 20.3 Å². The second-order valence-electron chi connectivity index (χ2n) is 3.18. The van der Waals surface area contributed by atoms with Gasteiger partial charge in [0.15, 0.2) is 0 Å². The molecule has 2 nitrogen and oxygen atoms in total. The molecule has 0 aliphatic carbocycles. The van der Waals surface area contributed by atoms with Gasteiger partial charge in [0.25, 0.3) is 0 Å². The number of hydrogen-bond donors (Lipinski definition) is 0. The zero-order valence-electron chi connectivity index (χ0n) is 9.22. The molecule has 0 rings (SSSR count). The minimum absolute atomic E-state index is 0. The van der Waals surface area contributed by atoms with Gasteiger partial charge in [-0.1, -0.05) is 0 Å². The van der Waals surface area contributed by atoms with E-state index in [0.717, 1.165) is 5.92 Å². The van der Waals surface area contributed by atoms with Gasteiger partial charge in [0.1, 0.15) is 9.84 Å². The van der Waals surface area contributed by atoms with Gasteiger partial charge in [0, 0.05) is 39.8 Å². The van der Waals surface area contributed by atoms with Gasteiger partial charge in [0.2, 0.25) is 0 Å². The van der Waals surface area contributed by atoms with Crippen molar-refractivity contribution in [1.82, 2.24) is 0 Å². The quantitative estimate of drug-likeness (QED) is 0.729. The van der Waals surface area contributed by atoms with E-state index < -0.39 is 15.1 Å². The van der Waals surface area contributed by atoms with Gasteiger partial charge in [-0.05, 0) is 13.8 Å². The minimum Gasteiger partial charge on any atom is -0.319 e. The molecule has 0 heterocycles. The number of hydrogen-bond acceptors (Lipinski definition) is 2. The number of sulfone groups is 1. The van der Waals surface area contributed by atoms with Crippen LogP contribution in [0.3, 0.4) is 0 Å². The summed E-state index contributed by atoms with van der Waals surface area (Å²) in [7, 11) is -3.25. The molecule has 0 aliphatic rings. The third-order valence-electron chi connectivity index (χ3n) is 1.49. The molecule has 0 atom stereocenters. The van der Waals surface area contributed by atoms with E-state index in [2.05, 4.69) is 0 Å². The fourth-order valence-electron chi connectivity index (χ4n) is 0.543. The van der Waals surface area contributed by atoms with E-state index in [1.54, 1.807) is 0 Å². The second kappa shape index (κ2) is 6.50. The third kappa shape index (κ3) is 6.56. The van der Waals surface area contributed by atoms with Crippen molar-refractivity contribution in [2.75, 3.05) is 5.75 Å². The molecule has 0 aromatic carbocycles. The van der Waals surface area contributed by atoms with E-state index >= 15 is 0 Å². The van der Waals surface area contributed by atoms with Crippen LogP contribution in [0.15, 0.2) is 0 Å². The predicted octanol–water partition coefficient (Wildman–Crippen LogP) is 1.81. The maximum absolute atomic E-state index is 11.4. The van der Waals surface area contributed by atoms with Gasteiger partial charge < -0.3 is 5.92 Å². The Balaban J connectivity index is 0. The largest absolute Gasteiger partial charge is 0.319 e. The SMILES string of the molecule is [3H]C(C)(C)S(=O)(=O)CC[C-](C)C.[Y]. The molecule has 0 amide bonds. The van der Waals surface area contributed by atoms with Crippen LogP contribution >= 0.6 is 0 Å². The average molecular weight is 268 g/mol. The maximum atomic E-state index is 11.4. The molecule has 0 fully saturated rings. The van der Waals surface area contributed by atoms with Crippen LogP contribution in [-0.2, 0) is 42.5 Å². The van der Waals surface area contributed by atoms with Crippen molar-refractivity contribution >= 4 is 9.84 Å². The number of rotatable bonds is 4. The van der Waals surface area contributed by atoms with Crippen LogP contribution in [0, 0.1) is 5.92 Å². The zero-order valence-corrected chi connectivity index (χ0v) is 11.9. The Labute approximate surface area is 103 Å². The maximum Gasteiger partial charge on any atom is 0.150 e. The van der Waals surface area contributed by atoms with E-state index in [1.165, 1.54) is 13.8 Å². The second-order valence-corrected chi connectivity index (χ2v) is 5.64. The molecule has 0 bridgehead atoms. The van der Waals surface area contributed by atoms with Crippen molar-refractivity contribution < 1.29 is 42.5 Å². The van der Waals surface area contributed by atoms with Gasteiger partial charge >= 0.3 is 0 Å². The van der Waals surface area contributed by atoms with Gasteiger partial charge in [-0.3, -0.25) is 0 Å². The molecular weight excluding hydrogens is 249 g/mol. The van der Waals surface area contributed by atoms with E-state index in [0.29, 0.717) is 6.42 Å². The molecule has 1 radical (unpaired) electrons. The Bertz CT molecular complexity index is 229. The summed E-state index contributed by atoms with van der Waals surface area (Å²) in [6.07, 6.45) is 0.560. The first-order valence-corrected chi connectivity index (χ1v) is 5.33. The Hall–Kier alpha value is 1.05. The Morgan fingerprint density at radius 2 is 1.83 bits per heavy atom. The summed E-state index contributed by atoms with van der Waals surface area (Å²) in [6.45, 7) is 6.61. The van der Waals surface area contributed by atoms with E-state index in [-0.39, 0.29) is 38.5 Å². The summed E-state index contributed by atoms with van der Waals surface area (Å²) in [6, 6.07) is 0. The molecule has 71 valence electrons. The molecule has 0 saturated heterocycles. The summed E-state index contributed by atoms with van der Waals surface area (Å²) in [5.41, 5.74) is 0. The molecular formula is C8H17O2SY-. The van der Waals surface area contributed by atoms with E-state index in [9.17, 15) is 8.42 Å². The van der Waals surface area contributed by atoms with Crippen molar-refractivity contribution in [1.29, 1.82) is 0 Å². The van der Waals surface area contributed by atoms with Crippen molar-refractivity contribution in [3.05, 3.63) is 5.92 Å². The molecule has 4 heteroatoms. The van der Waals surface area contributed by atoms with Crippen molar-refractivity contribution in [2.45, 2.75) is 39.3 Å². The molecule has 0 aromatic heterocycles. The predicted molar refractivity (Wildman–Crippen MR) is 48.1 cm³/mol. The third-order valence-corrected chi connectivity index (χ3v) is 3.48. The fourth-order valence-corrected chi connectivity index (χ4v) is 1.63. The van der Waals surface area contributed by atoms with Crippen molar-refractivity contribution in [3.63, 3.8) is 0 Å². The van der Waals surface area contributed by atoms with E-state index in [4.69, 9.17) is 1.37 Å². The zero-order chi connectivity index (χ0) is 9.99. The molecule has 0 aromatic rings. The van der Waals surface area contributed by atoms with Crippen LogP contribution in [0.2, 0.25) is 0 Å². The van der Waals surface area contributed by atoms with Crippen LogP contribution in [0.1, 0.15) is 35.5 Å². The standard InChI is InChI=1S/C8H17O2S.Y/c1-7(2)5-6-11(9,10)8(3)4;/h8H,5-6H2,1-4H3;/q-1;/i8T;. The van der Waals surface area contributed by atoms with E-state index in [1.807, 2.05) is 13.8 Å². The van der Waals surface area contributed by atoms with Gasteiger partial charge in [-0.25, -0.2) is 8.42 Å². The first-order chi connectivity index (χ1) is 5.17. The smallest absolute Gasteiger partial charge is 0.150 e. The van der Waals surface area contributed by atoms with Crippen LogP contribution < -0.4 is 0 Å². The van der Waals surface area contributed by atoms with Crippen LogP contribution in [0.25, 0.3) is 0 Å². The molecule has 0 aliphatic heterocycles. The van der Waals surface area contributed by atoms with Gasteiger partial charge in [-0.15, -0.1) is 0 Å². The monoisotopic (exact) mass is 268 g/mol. The molecule has 0 spiro atoms. The summed E-state index contributed by atoms with van der Waals surface area (Å²) in [5, 5.41) is -1.36. The summed E-state index contributed by atoms with van der Waals surface area (Å²) in [4.78, 5) is 0. The summed E-state index contributed by atoms with van der Waals surface area (Å²) in [5.74, 6) is 1.18. The molecule has 12 heavy (non-hydrogen) atoms. The molecule has 0 N–H and O–H groups in total. The Kier molecular flexibility index (Phi) is 7.07. The molecule has 0 saturated carbocycles. The topological polar surface area (TPSA) is 34.1 Å². The minimum atomic E-state index is -3.25. The normalized spacial score (nSPS) is 13.9. The van der Waals surface area contributed by atoms with Gasteiger partial charge in [0.05, 0.1) is 5.23 Å². The van der Waals surface area contributed by atoms with Crippen LogP contribution in [0.5, 0.6) is 0 Å². The van der Waals surface area contributed by atoms with Crippen LogP contribution in [-0.4, -0.2) is 19.4 Å². The fraction of sp³-hybridized carbons (Fsp3) is 0.875. The Morgan fingerprint density at radius 1 is 1.42 bits per heavy atom. The average Bonchev–Trinajstić information content (AvgIpc) is 1.81. The van der Waals surface area contributed by atoms with Crippen LogP contribution in [0.4, 0.5) is 0 Å². The molecule has 0 unspecified atom stereocenters. The summed E-state index contributed by atoms with van der Waals surface area (Å²) < 4.78 is 30.1.